The van der Waals surface area contributed by atoms with Gasteiger partial charge in [0, 0.05) is 24.9 Å². The zero-order chi connectivity index (χ0) is 25.6. The molecular weight excluding hydrogens is 456 g/mol. The molecule has 1 aromatic heterocycles. The van der Waals surface area contributed by atoms with Crippen molar-refractivity contribution in [1.29, 1.82) is 0 Å². The first-order valence-electron chi connectivity index (χ1n) is 12.1. The first-order chi connectivity index (χ1) is 16.0. The number of carboxylic acids is 1. The van der Waals surface area contributed by atoms with Crippen molar-refractivity contribution in [3.8, 4) is 0 Å². The number of rotatable bonds is 11. The van der Waals surface area contributed by atoms with Crippen molar-refractivity contribution in [3.63, 3.8) is 0 Å². The molecule has 1 unspecified atom stereocenters. The Labute approximate surface area is 206 Å². The minimum atomic E-state index is -1.14. The fourth-order valence-electron chi connectivity index (χ4n) is 4.47. The predicted octanol–water partition coefficient (Wildman–Crippen LogP) is 2.76. The van der Waals surface area contributed by atoms with Crippen LogP contribution in [-0.2, 0) is 9.59 Å². The van der Waals surface area contributed by atoms with E-state index in [2.05, 4.69) is 10.3 Å². The van der Waals surface area contributed by atoms with Crippen molar-refractivity contribution in [3.05, 3.63) is 16.1 Å². The van der Waals surface area contributed by atoms with Crippen LogP contribution >= 0.6 is 11.3 Å². The Morgan fingerprint density at radius 2 is 1.97 bits per heavy atom. The molecule has 1 fully saturated rings. The molecule has 0 spiro atoms. The fraction of sp³-hybridized carbons (Fsp3) is 0.750. The molecule has 2 amide bonds. The molecule has 0 bridgehead atoms. The highest BCUT2D eigenvalue weighted by Crippen LogP contribution is 2.28. The second kappa shape index (κ2) is 12.6. The summed E-state index contributed by atoms with van der Waals surface area (Å²) in [5.74, 6) is -1.46. The third-order valence-electron chi connectivity index (χ3n) is 6.96. The number of carbonyl (C=O) groups excluding carboxylic acids is 2. The van der Waals surface area contributed by atoms with E-state index in [4.69, 9.17) is 5.11 Å². The van der Waals surface area contributed by atoms with E-state index in [1.54, 1.807) is 11.9 Å². The highest BCUT2D eigenvalue weighted by Gasteiger charge is 2.36. The number of likely N-dealkylation sites (tertiary alicyclic amines) is 1. The summed E-state index contributed by atoms with van der Waals surface area (Å²) < 4.78 is 0. The Bertz CT molecular complexity index is 845. The molecule has 2 heterocycles. The number of thiazole rings is 1. The molecule has 1 aliphatic rings. The molecule has 1 aromatic rings. The van der Waals surface area contributed by atoms with Crippen LogP contribution in [0, 0.1) is 11.8 Å². The van der Waals surface area contributed by atoms with Crippen LogP contribution in [0.15, 0.2) is 5.38 Å². The van der Waals surface area contributed by atoms with E-state index < -0.39 is 18.1 Å². The second-order valence-corrected chi connectivity index (χ2v) is 10.6. The highest BCUT2D eigenvalue weighted by atomic mass is 32.1. The van der Waals surface area contributed by atoms with Crippen molar-refractivity contribution in [2.75, 3.05) is 20.6 Å². The summed E-state index contributed by atoms with van der Waals surface area (Å²) >= 11 is 1.09. The number of amides is 2. The molecule has 0 radical (unpaired) electrons. The van der Waals surface area contributed by atoms with Gasteiger partial charge in [-0.2, -0.15) is 0 Å². The van der Waals surface area contributed by atoms with E-state index in [0.717, 1.165) is 43.6 Å². The lowest BCUT2D eigenvalue weighted by Crippen LogP contribution is -2.58. The van der Waals surface area contributed by atoms with Gasteiger partial charge in [-0.1, -0.05) is 40.5 Å². The van der Waals surface area contributed by atoms with Crippen LogP contribution in [0.1, 0.15) is 81.4 Å². The summed E-state index contributed by atoms with van der Waals surface area (Å²) in [6, 6.07) is -1.20. The third kappa shape index (κ3) is 6.99. The lowest BCUT2D eigenvalue weighted by Gasteiger charge is -2.38. The van der Waals surface area contributed by atoms with E-state index in [-0.39, 0.29) is 47.8 Å². The maximum Gasteiger partial charge on any atom is 0.355 e. The van der Waals surface area contributed by atoms with Crippen LogP contribution in [0.25, 0.3) is 0 Å². The topological polar surface area (TPSA) is 123 Å². The van der Waals surface area contributed by atoms with Crippen molar-refractivity contribution in [2.45, 2.75) is 84.0 Å². The van der Waals surface area contributed by atoms with Gasteiger partial charge >= 0.3 is 5.97 Å². The molecule has 3 N–H and O–H groups in total. The minimum absolute atomic E-state index is 0.0280. The molecule has 192 valence electrons. The Hall–Kier alpha value is -2.04. The summed E-state index contributed by atoms with van der Waals surface area (Å²) in [5, 5.41) is 24.6. The number of likely N-dealkylation sites (N-methyl/N-ethyl adjacent to an activating group) is 2. The average Bonchev–Trinajstić information content (AvgIpc) is 3.30. The third-order valence-corrected chi connectivity index (χ3v) is 7.90. The van der Waals surface area contributed by atoms with Gasteiger partial charge in [-0.25, -0.2) is 9.78 Å². The number of aromatic carboxylic acids is 1. The number of aliphatic hydroxyl groups excluding tert-OH is 1. The molecule has 0 saturated carbocycles. The van der Waals surface area contributed by atoms with Crippen LogP contribution in [0.2, 0.25) is 0 Å². The number of carbonyl (C=O) groups is 3. The molecular formula is C24H40N4O5S. The number of aromatic nitrogens is 1. The standard InChI is InChI=1S/C24H40N4O5S/c1-7-15(4)20(26-21(30)17-10-8-9-11-27(17)5)23(31)28(6)18(14(2)3)12-19(29)22-25-16(13-34-22)24(32)33/h13-15,17-20,29H,7-12H2,1-6H3,(H,26,30)(H,32,33)/t15?,17-,18-,19-,20+/m1/s1. The zero-order valence-electron chi connectivity index (χ0n) is 21.2. The summed E-state index contributed by atoms with van der Waals surface area (Å²) in [6.45, 7) is 8.77. The maximum absolute atomic E-state index is 13.6. The molecule has 0 aliphatic carbocycles. The summed E-state index contributed by atoms with van der Waals surface area (Å²) in [4.78, 5) is 45.5. The SMILES string of the molecule is CCC(C)[C@H](NC(=O)[C@H]1CCCCN1C)C(=O)N(C)[C@H](C[C@@H](O)c1nc(C(=O)O)cs1)C(C)C. The van der Waals surface area contributed by atoms with Gasteiger partial charge in [-0.15, -0.1) is 11.3 Å². The smallest absolute Gasteiger partial charge is 0.355 e. The molecule has 1 saturated heterocycles. The summed E-state index contributed by atoms with van der Waals surface area (Å²) in [7, 11) is 3.65. The van der Waals surface area contributed by atoms with Gasteiger partial charge in [0.1, 0.15) is 17.2 Å². The van der Waals surface area contributed by atoms with Crippen LogP contribution in [0.3, 0.4) is 0 Å². The van der Waals surface area contributed by atoms with Crippen molar-refractivity contribution in [2.24, 2.45) is 11.8 Å². The quantitative estimate of drug-likeness (QED) is 0.430. The van der Waals surface area contributed by atoms with Crippen molar-refractivity contribution in [1.82, 2.24) is 20.1 Å². The first kappa shape index (κ1) is 28.2. The van der Waals surface area contributed by atoms with E-state index in [0.29, 0.717) is 5.01 Å². The van der Waals surface area contributed by atoms with Crippen LogP contribution < -0.4 is 5.32 Å². The summed E-state index contributed by atoms with van der Waals surface area (Å²) in [5.41, 5.74) is -0.100. The molecule has 0 aromatic carbocycles. The van der Waals surface area contributed by atoms with Gasteiger partial charge < -0.3 is 20.4 Å². The van der Waals surface area contributed by atoms with E-state index >= 15 is 0 Å². The van der Waals surface area contributed by atoms with Gasteiger partial charge in [0.25, 0.3) is 0 Å². The number of nitrogens with zero attached hydrogens (tertiary/aromatic N) is 3. The largest absolute Gasteiger partial charge is 0.476 e. The van der Waals surface area contributed by atoms with Gasteiger partial charge in [0.15, 0.2) is 5.69 Å². The van der Waals surface area contributed by atoms with Crippen LogP contribution in [0.4, 0.5) is 0 Å². The van der Waals surface area contributed by atoms with E-state index in [9.17, 15) is 19.5 Å². The minimum Gasteiger partial charge on any atom is -0.476 e. The van der Waals surface area contributed by atoms with Gasteiger partial charge in [0.05, 0.1) is 6.04 Å². The first-order valence-corrected chi connectivity index (χ1v) is 13.0. The van der Waals surface area contributed by atoms with Crippen LogP contribution in [0.5, 0.6) is 0 Å². The molecule has 1 aliphatic heterocycles. The molecule has 2 rings (SSSR count). The normalized spacial score (nSPS) is 20.4. The number of nitrogens with one attached hydrogen (secondary N) is 1. The van der Waals surface area contributed by atoms with E-state index in [1.165, 1.54) is 5.38 Å². The molecule has 5 atom stereocenters. The lowest BCUT2D eigenvalue weighted by molar-refractivity contribution is -0.141. The van der Waals surface area contributed by atoms with Crippen LogP contribution in [-0.4, -0.2) is 81.5 Å². The maximum atomic E-state index is 13.6. The Kier molecular flexibility index (Phi) is 10.5. The van der Waals surface area contributed by atoms with Crippen molar-refractivity contribution >= 4 is 29.1 Å². The number of carboxylic acid groups (broad SMARTS) is 1. The van der Waals surface area contributed by atoms with Gasteiger partial charge in [0.2, 0.25) is 11.8 Å². The Balaban J connectivity index is 2.16. The monoisotopic (exact) mass is 496 g/mol. The van der Waals surface area contributed by atoms with Crippen molar-refractivity contribution < 1.29 is 24.6 Å². The second-order valence-electron chi connectivity index (χ2n) is 9.75. The Morgan fingerprint density at radius 3 is 2.50 bits per heavy atom. The molecule has 9 nitrogen and oxygen atoms in total. The number of piperidine rings is 1. The zero-order valence-corrected chi connectivity index (χ0v) is 22.0. The highest BCUT2D eigenvalue weighted by molar-refractivity contribution is 7.09. The lowest BCUT2D eigenvalue weighted by atomic mass is 9.92. The number of hydrogen-bond donors (Lipinski definition) is 3. The molecule has 34 heavy (non-hydrogen) atoms. The fourth-order valence-corrected chi connectivity index (χ4v) is 5.26. The predicted molar refractivity (Wildman–Crippen MR) is 132 cm³/mol. The average molecular weight is 497 g/mol. The Morgan fingerprint density at radius 1 is 1.29 bits per heavy atom. The number of aliphatic hydroxyl groups is 1. The molecule has 10 heteroatoms. The summed E-state index contributed by atoms with van der Waals surface area (Å²) in [6.07, 6.45) is 2.82. The van der Waals surface area contributed by atoms with E-state index in [1.807, 2.05) is 39.6 Å². The van der Waals surface area contributed by atoms with Gasteiger partial charge in [-0.3, -0.25) is 14.5 Å². The number of hydrogen-bond acceptors (Lipinski definition) is 7. The van der Waals surface area contributed by atoms with Gasteiger partial charge in [-0.05, 0) is 38.3 Å².